The van der Waals surface area contributed by atoms with Crippen LogP contribution in [0.15, 0.2) is 72.8 Å². The van der Waals surface area contributed by atoms with Gasteiger partial charge in [0.1, 0.15) is 11.5 Å². The molecule has 0 amide bonds. The van der Waals surface area contributed by atoms with Crippen molar-refractivity contribution < 1.29 is 14.3 Å². The van der Waals surface area contributed by atoms with Crippen molar-refractivity contribution in [3.8, 4) is 22.6 Å². The van der Waals surface area contributed by atoms with Crippen LogP contribution in [0.1, 0.15) is 94.5 Å². The summed E-state index contributed by atoms with van der Waals surface area (Å²) in [4.78, 5) is 12.6. The molecular weight excluding hydrogens is 456 g/mol. The van der Waals surface area contributed by atoms with Crippen LogP contribution in [0.3, 0.4) is 0 Å². The molecule has 198 valence electrons. The van der Waals surface area contributed by atoms with Gasteiger partial charge in [-0.3, -0.25) is 0 Å². The van der Waals surface area contributed by atoms with Crippen molar-refractivity contribution in [1.29, 1.82) is 0 Å². The quantitative estimate of drug-likeness (QED) is 0.112. The van der Waals surface area contributed by atoms with Gasteiger partial charge in [0.05, 0.1) is 12.2 Å². The number of ether oxygens (including phenoxy) is 2. The Morgan fingerprint density at radius 2 is 1.22 bits per heavy atom. The van der Waals surface area contributed by atoms with Gasteiger partial charge >= 0.3 is 5.97 Å². The topological polar surface area (TPSA) is 35.5 Å². The van der Waals surface area contributed by atoms with Gasteiger partial charge in [-0.1, -0.05) is 109 Å². The van der Waals surface area contributed by atoms with Gasteiger partial charge in [-0.15, -0.1) is 0 Å². The van der Waals surface area contributed by atoms with E-state index in [4.69, 9.17) is 9.47 Å². The fourth-order valence-electron chi connectivity index (χ4n) is 4.37. The summed E-state index contributed by atoms with van der Waals surface area (Å²) in [6.45, 7) is 7.48. The van der Waals surface area contributed by atoms with E-state index in [1.807, 2.05) is 60.7 Å². The largest absolute Gasteiger partial charge is 0.494 e. The highest BCUT2D eigenvalue weighted by atomic mass is 16.5. The first-order valence-corrected chi connectivity index (χ1v) is 14.2. The molecule has 3 nitrogen and oxygen atoms in total. The molecule has 0 radical (unpaired) electrons. The van der Waals surface area contributed by atoms with E-state index in [0.717, 1.165) is 42.7 Å². The number of rotatable bonds is 16. The lowest BCUT2D eigenvalue weighted by Crippen LogP contribution is -2.08. The Kier molecular flexibility index (Phi) is 12.3. The highest BCUT2D eigenvalue weighted by Gasteiger charge is 2.10. The maximum Gasteiger partial charge on any atom is 0.343 e. The summed E-state index contributed by atoms with van der Waals surface area (Å²) in [6, 6.07) is 23.6. The zero-order valence-electron chi connectivity index (χ0n) is 23.0. The smallest absolute Gasteiger partial charge is 0.343 e. The Bertz CT molecular complexity index is 1040. The lowest BCUT2D eigenvalue weighted by molar-refractivity contribution is 0.0734. The van der Waals surface area contributed by atoms with Crippen LogP contribution in [0.5, 0.6) is 11.5 Å². The Morgan fingerprint density at radius 3 is 1.81 bits per heavy atom. The van der Waals surface area contributed by atoms with E-state index in [2.05, 4.69) is 32.9 Å². The molecule has 0 saturated carbocycles. The Balaban J connectivity index is 1.42. The number of hydrogen-bond acceptors (Lipinski definition) is 3. The first kappa shape index (κ1) is 28.5. The van der Waals surface area contributed by atoms with E-state index >= 15 is 0 Å². The van der Waals surface area contributed by atoms with Gasteiger partial charge in [-0.25, -0.2) is 4.79 Å². The average molecular weight is 501 g/mol. The number of esters is 1. The second-order valence-corrected chi connectivity index (χ2v) is 10.2. The van der Waals surface area contributed by atoms with Crippen LogP contribution >= 0.6 is 0 Å². The molecule has 3 heteroatoms. The fraction of sp³-hybridized carbons (Fsp3) is 0.441. The third-order valence-electron chi connectivity index (χ3n) is 6.99. The molecule has 3 aromatic carbocycles. The molecule has 0 unspecified atom stereocenters. The SMILES string of the molecule is CCCCCCCCCCOc1ccc(-c2ccc(C(=O)Oc3ccc(C[C@@H](C)CC)cc3)cc2)cc1. The molecule has 0 aliphatic rings. The van der Waals surface area contributed by atoms with Gasteiger partial charge in [-0.2, -0.15) is 0 Å². The normalized spacial score (nSPS) is 11.8. The van der Waals surface area contributed by atoms with Gasteiger partial charge in [0.15, 0.2) is 0 Å². The molecule has 0 heterocycles. The highest BCUT2D eigenvalue weighted by Crippen LogP contribution is 2.24. The number of unbranched alkanes of at least 4 members (excludes halogenated alkanes) is 7. The van der Waals surface area contributed by atoms with Crippen molar-refractivity contribution in [3.63, 3.8) is 0 Å². The van der Waals surface area contributed by atoms with Crippen LogP contribution in [-0.4, -0.2) is 12.6 Å². The van der Waals surface area contributed by atoms with Crippen LogP contribution in [0, 0.1) is 5.92 Å². The van der Waals surface area contributed by atoms with Gasteiger partial charge < -0.3 is 9.47 Å². The predicted molar refractivity (Wildman–Crippen MR) is 155 cm³/mol. The van der Waals surface area contributed by atoms with Crippen molar-refractivity contribution in [2.75, 3.05) is 6.61 Å². The van der Waals surface area contributed by atoms with Crippen molar-refractivity contribution in [2.45, 2.75) is 85.0 Å². The van der Waals surface area contributed by atoms with Crippen molar-refractivity contribution in [2.24, 2.45) is 5.92 Å². The van der Waals surface area contributed by atoms with Crippen LogP contribution in [0.25, 0.3) is 11.1 Å². The summed E-state index contributed by atoms with van der Waals surface area (Å²) in [5.41, 5.74) is 3.96. The van der Waals surface area contributed by atoms with E-state index in [1.54, 1.807) is 0 Å². The summed E-state index contributed by atoms with van der Waals surface area (Å²) in [5.74, 6) is 1.79. The summed E-state index contributed by atoms with van der Waals surface area (Å²) >= 11 is 0. The standard InChI is InChI=1S/C34H44O3/c1-4-6-7-8-9-10-11-12-25-36-32-23-19-30(20-24-32)29-15-17-31(18-16-29)34(35)37-33-21-13-28(14-22-33)26-27(3)5-2/h13-24,27H,4-12,25-26H2,1-3H3/t27-/m0/s1. The lowest BCUT2D eigenvalue weighted by Gasteiger charge is -2.10. The van der Waals surface area contributed by atoms with E-state index in [0.29, 0.717) is 17.2 Å². The molecule has 0 spiro atoms. The van der Waals surface area contributed by atoms with Gasteiger partial charge in [0.2, 0.25) is 0 Å². The zero-order valence-corrected chi connectivity index (χ0v) is 23.0. The molecule has 0 aromatic heterocycles. The van der Waals surface area contributed by atoms with Crippen LogP contribution in [-0.2, 0) is 6.42 Å². The third kappa shape index (κ3) is 10.1. The molecule has 37 heavy (non-hydrogen) atoms. The summed E-state index contributed by atoms with van der Waals surface area (Å²) < 4.78 is 11.5. The molecule has 0 aliphatic carbocycles. The van der Waals surface area contributed by atoms with E-state index in [9.17, 15) is 4.79 Å². The van der Waals surface area contributed by atoms with Crippen LogP contribution in [0.2, 0.25) is 0 Å². The molecule has 0 fully saturated rings. The lowest BCUT2D eigenvalue weighted by atomic mass is 9.99. The minimum Gasteiger partial charge on any atom is -0.494 e. The predicted octanol–water partition coefficient (Wildman–Crippen LogP) is 9.68. The van der Waals surface area contributed by atoms with Gasteiger partial charge in [-0.05, 0) is 71.8 Å². The summed E-state index contributed by atoms with van der Waals surface area (Å²) in [7, 11) is 0. The van der Waals surface area contributed by atoms with E-state index in [1.165, 1.54) is 50.5 Å². The number of carbonyl (C=O) groups excluding carboxylic acids is 1. The van der Waals surface area contributed by atoms with Crippen molar-refractivity contribution in [3.05, 3.63) is 83.9 Å². The Hall–Kier alpha value is -3.07. The van der Waals surface area contributed by atoms with Gasteiger partial charge in [0, 0.05) is 0 Å². The molecule has 0 N–H and O–H groups in total. The Morgan fingerprint density at radius 1 is 0.676 bits per heavy atom. The molecule has 3 aromatic rings. The number of carbonyl (C=O) groups is 1. The first-order valence-electron chi connectivity index (χ1n) is 14.2. The maximum absolute atomic E-state index is 12.6. The summed E-state index contributed by atoms with van der Waals surface area (Å²) in [5, 5.41) is 0. The fourth-order valence-corrected chi connectivity index (χ4v) is 4.37. The molecule has 0 aliphatic heterocycles. The first-order chi connectivity index (χ1) is 18.1. The van der Waals surface area contributed by atoms with Gasteiger partial charge in [0.25, 0.3) is 0 Å². The monoisotopic (exact) mass is 500 g/mol. The molecule has 0 bridgehead atoms. The van der Waals surface area contributed by atoms with Crippen LogP contribution < -0.4 is 9.47 Å². The van der Waals surface area contributed by atoms with Crippen molar-refractivity contribution in [1.82, 2.24) is 0 Å². The second-order valence-electron chi connectivity index (χ2n) is 10.2. The second kappa shape index (κ2) is 15.9. The minimum absolute atomic E-state index is 0.342. The summed E-state index contributed by atoms with van der Waals surface area (Å²) in [6.07, 6.45) is 12.6. The highest BCUT2D eigenvalue weighted by molar-refractivity contribution is 5.91. The average Bonchev–Trinajstić information content (AvgIpc) is 2.93. The van der Waals surface area contributed by atoms with E-state index < -0.39 is 0 Å². The third-order valence-corrected chi connectivity index (χ3v) is 6.99. The maximum atomic E-state index is 12.6. The molecule has 1 atom stereocenters. The number of hydrogen-bond donors (Lipinski definition) is 0. The minimum atomic E-state index is -0.342. The molecule has 3 rings (SSSR count). The van der Waals surface area contributed by atoms with E-state index in [-0.39, 0.29) is 5.97 Å². The Labute approximate surface area is 224 Å². The zero-order chi connectivity index (χ0) is 26.3. The van der Waals surface area contributed by atoms with Crippen molar-refractivity contribution >= 4 is 5.97 Å². The molecular formula is C34H44O3. The number of benzene rings is 3. The van der Waals surface area contributed by atoms with Crippen LogP contribution in [0.4, 0.5) is 0 Å². The molecule has 0 saturated heterocycles.